The van der Waals surface area contributed by atoms with Gasteiger partial charge in [0.05, 0.1) is 13.2 Å². The minimum Gasteiger partial charge on any atom is -0.353 e. The minimum absolute atomic E-state index is 0.195. The average molecular weight is 241 g/mol. The van der Waals surface area contributed by atoms with Gasteiger partial charge in [0, 0.05) is 25.3 Å². The van der Waals surface area contributed by atoms with E-state index in [4.69, 9.17) is 9.47 Å². The molecule has 98 valence electrons. The van der Waals surface area contributed by atoms with Gasteiger partial charge in [-0.2, -0.15) is 0 Å². The Morgan fingerprint density at radius 2 is 1.94 bits per heavy atom. The van der Waals surface area contributed by atoms with Crippen LogP contribution in [0.1, 0.15) is 51.9 Å². The van der Waals surface area contributed by atoms with Gasteiger partial charge in [-0.15, -0.1) is 0 Å². The van der Waals surface area contributed by atoms with Crippen LogP contribution in [0.4, 0.5) is 0 Å². The Kier molecular flexibility index (Phi) is 4.40. The molecule has 17 heavy (non-hydrogen) atoms. The molecule has 0 bridgehead atoms. The summed E-state index contributed by atoms with van der Waals surface area (Å²) in [4.78, 5) is 11.6. The SMILES string of the molecule is CCCCC(=O)NC1CCC2(CC1)OCCO2. The van der Waals surface area contributed by atoms with Gasteiger partial charge in [-0.05, 0) is 19.3 Å². The van der Waals surface area contributed by atoms with Crippen molar-refractivity contribution < 1.29 is 14.3 Å². The number of hydrogen-bond acceptors (Lipinski definition) is 3. The van der Waals surface area contributed by atoms with Crippen molar-refractivity contribution in [1.82, 2.24) is 5.32 Å². The van der Waals surface area contributed by atoms with Crippen molar-refractivity contribution in [3.8, 4) is 0 Å². The molecule has 1 heterocycles. The lowest BCUT2D eigenvalue weighted by Gasteiger charge is -2.35. The summed E-state index contributed by atoms with van der Waals surface area (Å²) >= 11 is 0. The van der Waals surface area contributed by atoms with Gasteiger partial charge in [-0.3, -0.25) is 4.79 Å². The molecule has 1 aliphatic heterocycles. The highest BCUT2D eigenvalue weighted by molar-refractivity contribution is 5.76. The molecule has 2 rings (SSSR count). The zero-order valence-corrected chi connectivity index (χ0v) is 10.7. The number of hydrogen-bond donors (Lipinski definition) is 1. The molecule has 4 heteroatoms. The van der Waals surface area contributed by atoms with Crippen molar-refractivity contribution in [3.63, 3.8) is 0 Å². The molecule has 2 aliphatic rings. The fourth-order valence-corrected chi connectivity index (χ4v) is 2.62. The minimum atomic E-state index is -0.315. The fraction of sp³-hybridized carbons (Fsp3) is 0.923. The van der Waals surface area contributed by atoms with Crippen LogP contribution in [0.5, 0.6) is 0 Å². The number of unbranched alkanes of at least 4 members (excludes halogenated alkanes) is 1. The lowest BCUT2D eigenvalue weighted by atomic mass is 9.90. The van der Waals surface area contributed by atoms with Gasteiger partial charge in [0.2, 0.25) is 5.91 Å². The molecule has 0 aromatic heterocycles. The van der Waals surface area contributed by atoms with Crippen molar-refractivity contribution in [2.75, 3.05) is 13.2 Å². The molecule has 0 aromatic rings. The van der Waals surface area contributed by atoms with Crippen LogP contribution in [0, 0.1) is 0 Å². The first kappa shape index (κ1) is 12.8. The monoisotopic (exact) mass is 241 g/mol. The van der Waals surface area contributed by atoms with Gasteiger partial charge in [0.15, 0.2) is 5.79 Å². The van der Waals surface area contributed by atoms with E-state index in [1.165, 1.54) is 0 Å². The fourth-order valence-electron chi connectivity index (χ4n) is 2.62. The largest absolute Gasteiger partial charge is 0.353 e. The smallest absolute Gasteiger partial charge is 0.220 e. The third-order valence-electron chi connectivity index (χ3n) is 3.68. The molecule has 0 unspecified atom stereocenters. The normalized spacial score (nSPS) is 24.1. The molecule has 1 aliphatic carbocycles. The third-order valence-corrected chi connectivity index (χ3v) is 3.68. The van der Waals surface area contributed by atoms with Gasteiger partial charge in [-0.1, -0.05) is 13.3 Å². The molecule has 1 spiro atoms. The van der Waals surface area contributed by atoms with E-state index in [0.29, 0.717) is 25.7 Å². The summed E-state index contributed by atoms with van der Waals surface area (Å²) in [5, 5.41) is 3.11. The molecule has 0 radical (unpaired) electrons. The number of amides is 1. The second kappa shape index (κ2) is 5.83. The van der Waals surface area contributed by atoms with Crippen LogP contribution in [-0.4, -0.2) is 30.9 Å². The van der Waals surface area contributed by atoms with Crippen LogP contribution in [0.25, 0.3) is 0 Å². The molecule has 1 saturated heterocycles. The molecule has 0 atom stereocenters. The standard InChI is InChI=1S/C13H23NO3/c1-2-3-4-12(15)14-11-5-7-13(8-6-11)16-9-10-17-13/h11H,2-10H2,1H3,(H,14,15). The van der Waals surface area contributed by atoms with E-state index in [1.54, 1.807) is 0 Å². The number of carbonyl (C=O) groups is 1. The Morgan fingerprint density at radius 1 is 1.29 bits per heavy atom. The number of ether oxygens (including phenoxy) is 2. The first-order valence-electron chi connectivity index (χ1n) is 6.81. The number of rotatable bonds is 4. The van der Waals surface area contributed by atoms with Gasteiger partial charge < -0.3 is 14.8 Å². The van der Waals surface area contributed by atoms with Gasteiger partial charge in [0.25, 0.3) is 0 Å². The summed E-state index contributed by atoms with van der Waals surface area (Å²) in [5.74, 6) is -0.119. The van der Waals surface area contributed by atoms with Crippen molar-refractivity contribution >= 4 is 5.91 Å². The molecule has 1 saturated carbocycles. The van der Waals surface area contributed by atoms with Crippen molar-refractivity contribution in [2.45, 2.75) is 63.7 Å². The molecule has 0 aromatic carbocycles. The number of nitrogens with one attached hydrogen (secondary N) is 1. The Hall–Kier alpha value is -0.610. The molecule has 1 amide bonds. The molecule has 4 nitrogen and oxygen atoms in total. The van der Waals surface area contributed by atoms with Crippen molar-refractivity contribution in [1.29, 1.82) is 0 Å². The lowest BCUT2D eigenvalue weighted by molar-refractivity contribution is -0.180. The van der Waals surface area contributed by atoms with E-state index in [0.717, 1.165) is 38.5 Å². The van der Waals surface area contributed by atoms with E-state index in [-0.39, 0.29) is 11.7 Å². The van der Waals surface area contributed by atoms with Crippen LogP contribution >= 0.6 is 0 Å². The Balaban J connectivity index is 1.70. The predicted molar refractivity (Wildman–Crippen MR) is 64.6 cm³/mol. The quantitative estimate of drug-likeness (QED) is 0.818. The predicted octanol–water partition coefficient (Wildman–Crippen LogP) is 1.98. The van der Waals surface area contributed by atoms with Gasteiger partial charge in [0.1, 0.15) is 0 Å². The summed E-state index contributed by atoms with van der Waals surface area (Å²) in [6.45, 7) is 3.54. The second-order valence-corrected chi connectivity index (χ2v) is 5.05. The Labute approximate surface area is 103 Å². The highest BCUT2D eigenvalue weighted by atomic mass is 16.7. The van der Waals surface area contributed by atoms with E-state index in [1.807, 2.05) is 0 Å². The van der Waals surface area contributed by atoms with Gasteiger partial charge >= 0.3 is 0 Å². The van der Waals surface area contributed by atoms with E-state index >= 15 is 0 Å². The van der Waals surface area contributed by atoms with E-state index in [2.05, 4.69) is 12.2 Å². The summed E-state index contributed by atoms with van der Waals surface area (Å²) < 4.78 is 11.3. The van der Waals surface area contributed by atoms with Gasteiger partial charge in [-0.25, -0.2) is 0 Å². The topological polar surface area (TPSA) is 47.6 Å². The second-order valence-electron chi connectivity index (χ2n) is 5.05. The first-order valence-corrected chi connectivity index (χ1v) is 6.81. The summed E-state index contributed by atoms with van der Waals surface area (Å²) in [5.41, 5.74) is 0. The highest BCUT2D eigenvalue weighted by Crippen LogP contribution is 2.35. The maximum atomic E-state index is 11.6. The summed E-state index contributed by atoms with van der Waals surface area (Å²) in [6.07, 6.45) is 6.47. The lowest BCUT2D eigenvalue weighted by Crippen LogP contribution is -2.43. The van der Waals surface area contributed by atoms with Crippen LogP contribution in [0.3, 0.4) is 0 Å². The van der Waals surface area contributed by atoms with Crippen molar-refractivity contribution in [2.24, 2.45) is 0 Å². The Bertz CT molecular complexity index is 251. The maximum absolute atomic E-state index is 11.6. The summed E-state index contributed by atoms with van der Waals surface area (Å²) in [6, 6.07) is 0.317. The van der Waals surface area contributed by atoms with Crippen LogP contribution in [-0.2, 0) is 14.3 Å². The molecular weight excluding hydrogens is 218 g/mol. The highest BCUT2D eigenvalue weighted by Gasteiger charge is 2.40. The zero-order valence-electron chi connectivity index (χ0n) is 10.7. The summed E-state index contributed by atoms with van der Waals surface area (Å²) in [7, 11) is 0. The average Bonchev–Trinajstić information content (AvgIpc) is 2.79. The van der Waals surface area contributed by atoms with Crippen molar-refractivity contribution in [3.05, 3.63) is 0 Å². The van der Waals surface area contributed by atoms with E-state index < -0.39 is 0 Å². The maximum Gasteiger partial charge on any atom is 0.220 e. The number of carbonyl (C=O) groups excluding carboxylic acids is 1. The van der Waals surface area contributed by atoms with Crippen LogP contribution in [0.15, 0.2) is 0 Å². The molecule has 1 N–H and O–H groups in total. The Morgan fingerprint density at radius 3 is 2.53 bits per heavy atom. The van der Waals surface area contributed by atoms with Crippen LogP contribution < -0.4 is 5.32 Å². The third kappa shape index (κ3) is 3.42. The zero-order chi connectivity index (χ0) is 12.1. The molecular formula is C13H23NO3. The van der Waals surface area contributed by atoms with Crippen LogP contribution in [0.2, 0.25) is 0 Å². The first-order chi connectivity index (χ1) is 8.24. The van der Waals surface area contributed by atoms with E-state index in [9.17, 15) is 4.79 Å². The molecule has 2 fully saturated rings.